The summed E-state index contributed by atoms with van der Waals surface area (Å²) in [7, 11) is 5.37. The zero-order chi connectivity index (χ0) is 17.3. The van der Waals surface area contributed by atoms with Gasteiger partial charge in [0.25, 0.3) is 0 Å². The minimum absolute atomic E-state index is 0.0169. The van der Waals surface area contributed by atoms with Crippen molar-refractivity contribution in [3.63, 3.8) is 0 Å². The van der Waals surface area contributed by atoms with Gasteiger partial charge in [0.05, 0.1) is 5.56 Å². The van der Waals surface area contributed by atoms with Crippen LogP contribution in [0.1, 0.15) is 33.3 Å². The molecule has 0 atom stereocenters. The molecule has 118 valence electrons. The van der Waals surface area contributed by atoms with Crippen molar-refractivity contribution in [2.24, 2.45) is 0 Å². The van der Waals surface area contributed by atoms with Crippen molar-refractivity contribution >= 4 is 13.3 Å². The average molecular weight is 310 g/mol. The summed E-state index contributed by atoms with van der Waals surface area (Å²) in [5.74, 6) is -0.497. The Bertz CT molecular complexity index is 560. The molecule has 0 aliphatic heterocycles. The second-order valence-corrected chi connectivity index (χ2v) is 3.81. The Morgan fingerprint density at radius 2 is 1.32 bits per heavy atom. The second kappa shape index (κ2) is 9.28. The number of halogens is 4. The first-order chi connectivity index (χ1) is 10.4. The lowest BCUT2D eigenvalue weighted by Crippen LogP contribution is -2.13. The van der Waals surface area contributed by atoms with E-state index in [4.69, 9.17) is 7.85 Å². The number of benzene rings is 2. The van der Waals surface area contributed by atoms with Crippen LogP contribution in [0, 0.1) is 5.82 Å². The average Bonchev–Trinajstić information content (AvgIpc) is 2.51. The van der Waals surface area contributed by atoms with Gasteiger partial charge in [0, 0.05) is 0 Å². The van der Waals surface area contributed by atoms with Crippen LogP contribution in [0.3, 0.4) is 0 Å². The normalized spacial score (nSPS) is 10.0. The van der Waals surface area contributed by atoms with Gasteiger partial charge in [-0.15, -0.1) is 0 Å². The summed E-state index contributed by atoms with van der Waals surface area (Å²) < 4.78 is 51.3. The highest BCUT2D eigenvalue weighted by atomic mass is 19.4. The fourth-order valence-electron chi connectivity index (χ4n) is 1.68. The molecule has 0 aliphatic rings. The lowest BCUT2D eigenvalue weighted by Gasteiger charge is -2.14. The van der Waals surface area contributed by atoms with Gasteiger partial charge >= 0.3 is 6.18 Å². The van der Waals surface area contributed by atoms with Gasteiger partial charge in [-0.2, -0.15) is 13.2 Å². The molecule has 0 bridgehead atoms. The fourth-order valence-corrected chi connectivity index (χ4v) is 1.68. The van der Waals surface area contributed by atoms with E-state index in [1.807, 2.05) is 27.7 Å². The molecule has 0 amide bonds. The first kappa shape index (κ1) is 20.2. The van der Waals surface area contributed by atoms with E-state index in [1.54, 1.807) is 0 Å². The molecule has 2 aromatic rings. The van der Waals surface area contributed by atoms with E-state index in [-0.39, 0.29) is 11.0 Å². The third kappa shape index (κ3) is 5.55. The van der Waals surface area contributed by atoms with Crippen molar-refractivity contribution in [1.82, 2.24) is 0 Å². The SMILES string of the molecule is CC.CC.[B]c1ccc(-c2ccc(F)cc2)c(C(F)(F)F)c1. The Labute approximate surface area is 130 Å². The van der Waals surface area contributed by atoms with Crippen molar-refractivity contribution in [2.45, 2.75) is 33.9 Å². The van der Waals surface area contributed by atoms with Crippen LogP contribution in [0.25, 0.3) is 11.1 Å². The molecule has 2 aromatic carbocycles. The van der Waals surface area contributed by atoms with Crippen molar-refractivity contribution in [1.29, 1.82) is 0 Å². The minimum atomic E-state index is -4.50. The maximum absolute atomic E-state index is 12.9. The quantitative estimate of drug-likeness (QED) is 0.491. The van der Waals surface area contributed by atoms with E-state index in [2.05, 4.69) is 0 Å². The summed E-state index contributed by atoms with van der Waals surface area (Å²) in [6.45, 7) is 8.00. The highest BCUT2D eigenvalue weighted by molar-refractivity contribution is 6.32. The van der Waals surface area contributed by atoms with E-state index >= 15 is 0 Å². The van der Waals surface area contributed by atoms with E-state index < -0.39 is 17.6 Å². The first-order valence-corrected chi connectivity index (χ1v) is 7.10. The molecule has 0 heterocycles. The molecule has 0 unspecified atom stereocenters. The highest BCUT2D eigenvalue weighted by Crippen LogP contribution is 2.36. The molecular weight excluding hydrogens is 291 g/mol. The molecule has 0 nitrogen and oxygen atoms in total. The zero-order valence-corrected chi connectivity index (χ0v) is 13.1. The Hall–Kier alpha value is -1.78. The Morgan fingerprint density at radius 1 is 0.818 bits per heavy atom. The fraction of sp³-hybridized carbons (Fsp3) is 0.294. The van der Waals surface area contributed by atoms with Gasteiger partial charge in [0.15, 0.2) is 0 Å². The maximum atomic E-state index is 12.9. The number of hydrogen-bond acceptors (Lipinski definition) is 0. The van der Waals surface area contributed by atoms with Gasteiger partial charge in [-0.3, -0.25) is 0 Å². The Kier molecular flexibility index (Phi) is 8.54. The molecule has 2 rings (SSSR count). The van der Waals surface area contributed by atoms with Gasteiger partial charge in [0.1, 0.15) is 13.7 Å². The van der Waals surface area contributed by atoms with E-state index in [0.29, 0.717) is 5.56 Å². The van der Waals surface area contributed by atoms with E-state index in [1.165, 1.54) is 24.3 Å². The van der Waals surface area contributed by atoms with Crippen LogP contribution in [0.15, 0.2) is 42.5 Å². The summed E-state index contributed by atoms with van der Waals surface area (Å²) in [6.07, 6.45) is -4.50. The summed E-state index contributed by atoms with van der Waals surface area (Å²) in [5.41, 5.74) is -0.511. The number of rotatable bonds is 1. The summed E-state index contributed by atoms with van der Waals surface area (Å²) in [6, 6.07) is 8.38. The first-order valence-electron chi connectivity index (χ1n) is 7.10. The minimum Gasteiger partial charge on any atom is -0.207 e. The van der Waals surface area contributed by atoms with Crippen LogP contribution in [0.5, 0.6) is 0 Å². The highest BCUT2D eigenvalue weighted by Gasteiger charge is 2.33. The lowest BCUT2D eigenvalue weighted by atomic mass is 9.89. The molecule has 0 N–H and O–H groups in total. The maximum Gasteiger partial charge on any atom is 0.416 e. The topological polar surface area (TPSA) is 0 Å². The molecule has 22 heavy (non-hydrogen) atoms. The van der Waals surface area contributed by atoms with Crippen LogP contribution in [0.2, 0.25) is 0 Å². The van der Waals surface area contributed by atoms with Gasteiger partial charge in [-0.05, 0) is 23.3 Å². The smallest absolute Gasteiger partial charge is 0.207 e. The Balaban J connectivity index is 0.00000102. The standard InChI is InChI=1S/C13H7BF4.2C2H6/c14-9-3-6-11(12(7-9)13(16,17)18)8-1-4-10(15)5-2-8;2*1-2/h1-7H;2*1-2H3. The predicted octanol–water partition coefficient (Wildman–Crippen LogP) is 5.36. The molecule has 0 saturated carbocycles. The molecule has 0 fully saturated rings. The molecule has 0 aromatic heterocycles. The molecule has 0 aliphatic carbocycles. The lowest BCUT2D eigenvalue weighted by molar-refractivity contribution is -0.137. The van der Waals surface area contributed by atoms with Crippen LogP contribution in [0.4, 0.5) is 17.6 Å². The third-order valence-electron chi connectivity index (χ3n) is 2.50. The molecule has 5 heteroatoms. The molecule has 0 saturated heterocycles. The number of hydrogen-bond donors (Lipinski definition) is 0. The van der Waals surface area contributed by atoms with E-state index in [0.717, 1.165) is 18.2 Å². The van der Waals surface area contributed by atoms with Gasteiger partial charge in [-0.1, -0.05) is 63.5 Å². The van der Waals surface area contributed by atoms with Crippen LogP contribution in [-0.2, 0) is 6.18 Å². The predicted molar refractivity (Wildman–Crippen MR) is 84.9 cm³/mol. The third-order valence-corrected chi connectivity index (χ3v) is 2.50. The van der Waals surface area contributed by atoms with Crippen LogP contribution in [-0.4, -0.2) is 7.85 Å². The second-order valence-electron chi connectivity index (χ2n) is 3.81. The number of alkyl halides is 3. The molecule has 0 spiro atoms. The van der Waals surface area contributed by atoms with Gasteiger partial charge < -0.3 is 0 Å². The van der Waals surface area contributed by atoms with Crippen molar-refractivity contribution in [3.05, 3.63) is 53.8 Å². The van der Waals surface area contributed by atoms with Gasteiger partial charge in [-0.25, -0.2) is 4.39 Å². The Morgan fingerprint density at radius 3 is 1.77 bits per heavy atom. The van der Waals surface area contributed by atoms with Crippen molar-refractivity contribution in [2.75, 3.05) is 0 Å². The van der Waals surface area contributed by atoms with Crippen LogP contribution < -0.4 is 5.46 Å². The molecular formula is C17H19BF4. The van der Waals surface area contributed by atoms with E-state index in [9.17, 15) is 17.6 Å². The van der Waals surface area contributed by atoms with Gasteiger partial charge in [0.2, 0.25) is 0 Å². The van der Waals surface area contributed by atoms with Crippen molar-refractivity contribution < 1.29 is 17.6 Å². The van der Waals surface area contributed by atoms with Crippen molar-refractivity contribution in [3.8, 4) is 11.1 Å². The summed E-state index contributed by atoms with van der Waals surface area (Å²) >= 11 is 0. The monoisotopic (exact) mass is 310 g/mol. The summed E-state index contributed by atoms with van der Waals surface area (Å²) in [4.78, 5) is 0. The zero-order valence-electron chi connectivity index (χ0n) is 13.1. The largest absolute Gasteiger partial charge is 0.416 e. The van der Waals surface area contributed by atoms with Crippen LogP contribution >= 0.6 is 0 Å². The molecule has 2 radical (unpaired) electrons. The summed E-state index contributed by atoms with van der Waals surface area (Å²) in [5, 5.41) is 0.